The second-order valence-electron chi connectivity index (χ2n) is 7.94. The smallest absolute Gasteiger partial charge is 0.352 e. The van der Waals surface area contributed by atoms with E-state index in [1.165, 1.54) is 6.08 Å². The zero-order valence-corrected chi connectivity index (χ0v) is 18.1. The lowest BCUT2D eigenvalue weighted by Gasteiger charge is -2.18. The molecule has 1 amide bonds. The Labute approximate surface area is 176 Å². The summed E-state index contributed by atoms with van der Waals surface area (Å²) in [7, 11) is 0. The van der Waals surface area contributed by atoms with Crippen LogP contribution < -0.4 is 10.1 Å². The summed E-state index contributed by atoms with van der Waals surface area (Å²) in [5.41, 5.74) is 3.28. The Hall–Kier alpha value is -2.79. The van der Waals surface area contributed by atoms with Crippen molar-refractivity contribution in [3.63, 3.8) is 0 Å². The lowest BCUT2D eigenvalue weighted by molar-refractivity contribution is -0.134. The number of halogens is 1. The predicted octanol–water partition coefficient (Wildman–Crippen LogP) is 4.88. The molecule has 0 heterocycles. The molecule has 5 nitrogen and oxygen atoms in total. The number of carboxylic acid groups (broad SMARTS) is 1. The first-order chi connectivity index (χ1) is 13.5. The minimum Gasteiger partial charge on any atom is -0.484 e. The number of hydrogen-bond acceptors (Lipinski definition) is 3. The first kappa shape index (κ1) is 22.5. The van der Waals surface area contributed by atoms with Crippen LogP contribution in [0.4, 0.5) is 0 Å². The van der Waals surface area contributed by atoms with Crippen molar-refractivity contribution < 1.29 is 19.4 Å². The van der Waals surface area contributed by atoms with Crippen molar-refractivity contribution in [1.29, 1.82) is 0 Å². The number of aliphatic carboxylic acids is 1. The monoisotopic (exact) mass is 415 g/mol. The maximum Gasteiger partial charge on any atom is 0.352 e. The Morgan fingerprint density at radius 1 is 1.10 bits per heavy atom. The standard InChI is InChI=1S/C23H26ClNO4/c1-14-10-18(11-15(2)21(14)24)29-13-20(26)25-19(22(27)28)12-16-6-8-17(9-7-16)23(3,4)5/h6-12H,13H2,1-5H3,(H,25,26)(H,27,28)/b19-12+. The molecule has 29 heavy (non-hydrogen) atoms. The third-order valence-electron chi connectivity index (χ3n) is 4.37. The molecule has 2 aromatic carbocycles. The van der Waals surface area contributed by atoms with Gasteiger partial charge in [0.05, 0.1) is 0 Å². The largest absolute Gasteiger partial charge is 0.484 e. The van der Waals surface area contributed by atoms with Crippen LogP contribution in [0.15, 0.2) is 42.1 Å². The van der Waals surface area contributed by atoms with E-state index < -0.39 is 11.9 Å². The quantitative estimate of drug-likeness (QED) is 0.659. The van der Waals surface area contributed by atoms with Gasteiger partial charge in [-0.05, 0) is 59.7 Å². The third kappa shape index (κ3) is 6.36. The van der Waals surface area contributed by atoms with E-state index in [0.29, 0.717) is 16.3 Å². The van der Waals surface area contributed by atoms with Gasteiger partial charge in [0.15, 0.2) is 6.61 Å². The van der Waals surface area contributed by atoms with Crippen LogP contribution in [0, 0.1) is 13.8 Å². The Bertz CT molecular complexity index is 917. The molecular formula is C23H26ClNO4. The number of benzene rings is 2. The molecule has 0 radical (unpaired) electrons. The van der Waals surface area contributed by atoms with Gasteiger partial charge in [0.25, 0.3) is 5.91 Å². The Morgan fingerprint density at radius 3 is 2.14 bits per heavy atom. The first-order valence-electron chi connectivity index (χ1n) is 9.22. The maximum absolute atomic E-state index is 12.2. The van der Waals surface area contributed by atoms with Crippen LogP contribution >= 0.6 is 11.6 Å². The van der Waals surface area contributed by atoms with Gasteiger partial charge in [0, 0.05) is 5.02 Å². The Kier molecular flexibility index (Phi) is 7.09. The summed E-state index contributed by atoms with van der Waals surface area (Å²) in [5, 5.41) is 12.5. The number of carboxylic acids is 1. The van der Waals surface area contributed by atoms with Crippen molar-refractivity contribution in [2.45, 2.75) is 40.0 Å². The summed E-state index contributed by atoms with van der Waals surface area (Å²) in [6, 6.07) is 11.0. The average Bonchev–Trinajstić information content (AvgIpc) is 2.63. The molecule has 0 atom stereocenters. The second kappa shape index (κ2) is 9.14. The van der Waals surface area contributed by atoms with Crippen LogP contribution in [0.2, 0.25) is 5.02 Å². The minimum absolute atomic E-state index is 0.00179. The number of hydrogen-bond donors (Lipinski definition) is 2. The fourth-order valence-electron chi connectivity index (χ4n) is 2.72. The van der Waals surface area contributed by atoms with E-state index in [1.54, 1.807) is 12.1 Å². The fourth-order valence-corrected chi connectivity index (χ4v) is 2.83. The summed E-state index contributed by atoms with van der Waals surface area (Å²) in [4.78, 5) is 23.7. The highest BCUT2D eigenvalue weighted by Crippen LogP contribution is 2.26. The molecule has 0 saturated carbocycles. The van der Waals surface area contributed by atoms with Gasteiger partial charge in [-0.15, -0.1) is 0 Å². The van der Waals surface area contributed by atoms with Gasteiger partial charge in [0.2, 0.25) is 0 Å². The lowest BCUT2D eigenvalue weighted by atomic mass is 9.87. The van der Waals surface area contributed by atoms with Crippen molar-refractivity contribution in [1.82, 2.24) is 5.32 Å². The highest BCUT2D eigenvalue weighted by molar-refractivity contribution is 6.32. The maximum atomic E-state index is 12.2. The zero-order chi connectivity index (χ0) is 21.8. The molecule has 0 aliphatic rings. The highest BCUT2D eigenvalue weighted by Gasteiger charge is 2.15. The van der Waals surface area contributed by atoms with Crippen LogP contribution in [0.5, 0.6) is 5.75 Å². The molecule has 0 spiro atoms. The number of carbonyl (C=O) groups excluding carboxylic acids is 1. The number of rotatable bonds is 6. The van der Waals surface area contributed by atoms with E-state index in [4.69, 9.17) is 16.3 Å². The van der Waals surface area contributed by atoms with E-state index >= 15 is 0 Å². The van der Waals surface area contributed by atoms with E-state index in [9.17, 15) is 14.7 Å². The third-order valence-corrected chi connectivity index (χ3v) is 4.97. The molecule has 0 aromatic heterocycles. The molecule has 0 bridgehead atoms. The number of nitrogens with one attached hydrogen (secondary N) is 1. The number of carbonyl (C=O) groups is 2. The molecule has 0 aliphatic heterocycles. The summed E-state index contributed by atoms with van der Waals surface area (Å²) in [6.45, 7) is 9.68. The molecule has 0 aliphatic carbocycles. The fraction of sp³-hybridized carbons (Fsp3) is 0.304. The SMILES string of the molecule is Cc1cc(OCC(=O)N/C(=C/c2ccc(C(C)(C)C)cc2)C(=O)O)cc(C)c1Cl. The van der Waals surface area contributed by atoms with Crippen LogP contribution in [0.25, 0.3) is 6.08 Å². The molecule has 0 unspecified atom stereocenters. The van der Waals surface area contributed by atoms with Crippen molar-refractivity contribution in [3.8, 4) is 5.75 Å². The minimum atomic E-state index is -1.23. The molecule has 2 N–H and O–H groups in total. The van der Waals surface area contributed by atoms with Gasteiger partial charge >= 0.3 is 5.97 Å². The van der Waals surface area contributed by atoms with E-state index in [0.717, 1.165) is 16.7 Å². The molecule has 2 rings (SSSR count). The normalized spacial score (nSPS) is 11.9. The number of aryl methyl sites for hydroxylation is 2. The molecule has 2 aromatic rings. The first-order valence-corrected chi connectivity index (χ1v) is 9.60. The van der Waals surface area contributed by atoms with Crippen LogP contribution in [-0.4, -0.2) is 23.6 Å². The lowest BCUT2D eigenvalue weighted by Crippen LogP contribution is -2.31. The zero-order valence-electron chi connectivity index (χ0n) is 17.3. The molecule has 0 fully saturated rings. The van der Waals surface area contributed by atoms with Crippen molar-refractivity contribution in [2.24, 2.45) is 0 Å². The van der Waals surface area contributed by atoms with Crippen LogP contribution in [0.1, 0.15) is 43.0 Å². The summed E-state index contributed by atoms with van der Waals surface area (Å²) in [5.74, 6) is -1.29. The van der Waals surface area contributed by atoms with Crippen LogP contribution in [0.3, 0.4) is 0 Å². The number of amides is 1. The molecule has 154 valence electrons. The van der Waals surface area contributed by atoms with Gasteiger partial charge in [0.1, 0.15) is 11.4 Å². The highest BCUT2D eigenvalue weighted by atomic mass is 35.5. The summed E-state index contributed by atoms with van der Waals surface area (Å²) < 4.78 is 5.48. The molecule has 0 saturated heterocycles. The van der Waals surface area contributed by atoms with Gasteiger partial charge in [-0.3, -0.25) is 4.79 Å². The van der Waals surface area contributed by atoms with Crippen molar-refractivity contribution >= 4 is 29.6 Å². The van der Waals surface area contributed by atoms with E-state index in [1.807, 2.05) is 38.1 Å². The summed E-state index contributed by atoms with van der Waals surface area (Å²) >= 11 is 6.12. The molecule has 6 heteroatoms. The predicted molar refractivity (Wildman–Crippen MR) is 115 cm³/mol. The topological polar surface area (TPSA) is 75.6 Å². The number of ether oxygens (including phenoxy) is 1. The van der Waals surface area contributed by atoms with E-state index in [-0.39, 0.29) is 17.7 Å². The summed E-state index contributed by atoms with van der Waals surface area (Å²) in [6.07, 6.45) is 1.42. The van der Waals surface area contributed by atoms with Gasteiger partial charge in [-0.2, -0.15) is 0 Å². The Morgan fingerprint density at radius 2 is 1.66 bits per heavy atom. The van der Waals surface area contributed by atoms with Crippen molar-refractivity contribution in [2.75, 3.05) is 6.61 Å². The van der Waals surface area contributed by atoms with Gasteiger partial charge < -0.3 is 15.2 Å². The average molecular weight is 416 g/mol. The van der Waals surface area contributed by atoms with Gasteiger partial charge in [-0.25, -0.2) is 4.79 Å². The van der Waals surface area contributed by atoms with Gasteiger partial charge in [-0.1, -0.05) is 56.6 Å². The van der Waals surface area contributed by atoms with Crippen LogP contribution in [-0.2, 0) is 15.0 Å². The second-order valence-corrected chi connectivity index (χ2v) is 8.32. The van der Waals surface area contributed by atoms with Crippen molar-refractivity contribution in [3.05, 3.63) is 69.4 Å². The Balaban J connectivity index is 2.07. The van der Waals surface area contributed by atoms with E-state index in [2.05, 4.69) is 26.1 Å². The molecular weight excluding hydrogens is 390 g/mol.